The molecule has 0 saturated heterocycles. The van der Waals surface area contributed by atoms with Crippen molar-refractivity contribution in [1.82, 2.24) is 4.90 Å². The van der Waals surface area contributed by atoms with Crippen molar-refractivity contribution in [2.45, 2.75) is 19.3 Å². The maximum atomic E-state index is 12.0. The number of hydrogen-bond acceptors (Lipinski definition) is 2. The molecule has 1 aliphatic rings. The van der Waals surface area contributed by atoms with Gasteiger partial charge >= 0.3 is 0 Å². The van der Waals surface area contributed by atoms with Gasteiger partial charge < -0.3 is 4.90 Å². The highest BCUT2D eigenvalue weighted by molar-refractivity contribution is 9.10. The average molecular weight is 307 g/mol. The molecular weight excluding hydrogens is 292 g/mol. The van der Waals surface area contributed by atoms with Crippen LogP contribution in [0.15, 0.2) is 28.7 Å². The van der Waals surface area contributed by atoms with Crippen LogP contribution >= 0.6 is 15.9 Å². The molecule has 18 heavy (non-hydrogen) atoms. The first-order valence-corrected chi connectivity index (χ1v) is 6.78. The van der Waals surface area contributed by atoms with Gasteiger partial charge in [-0.15, -0.1) is 0 Å². The number of carbonyl (C=O) groups excluding carboxylic acids is 1. The third-order valence-corrected chi connectivity index (χ3v) is 3.84. The molecule has 0 atom stereocenters. The number of hydrogen-bond donors (Lipinski definition) is 0. The molecule has 1 amide bonds. The molecule has 1 saturated carbocycles. The molecule has 94 valence electrons. The van der Waals surface area contributed by atoms with Crippen molar-refractivity contribution in [2.75, 3.05) is 13.6 Å². The van der Waals surface area contributed by atoms with E-state index in [1.165, 1.54) is 5.56 Å². The fourth-order valence-electron chi connectivity index (χ4n) is 1.95. The second-order valence-electron chi connectivity index (χ2n) is 4.80. The van der Waals surface area contributed by atoms with Gasteiger partial charge in [-0.3, -0.25) is 4.79 Å². The van der Waals surface area contributed by atoms with Crippen molar-refractivity contribution in [3.8, 4) is 6.07 Å². The lowest BCUT2D eigenvalue weighted by Gasteiger charge is -2.19. The molecule has 0 N–H and O–H groups in total. The van der Waals surface area contributed by atoms with E-state index in [-0.39, 0.29) is 5.91 Å². The van der Waals surface area contributed by atoms with Crippen LogP contribution in [0.25, 0.3) is 0 Å². The summed E-state index contributed by atoms with van der Waals surface area (Å²) in [6.07, 6.45) is 2.23. The number of carbonyl (C=O) groups is 1. The lowest BCUT2D eigenvalue weighted by atomic mass is 10.1. The minimum atomic E-state index is -0.702. The van der Waals surface area contributed by atoms with Crippen LogP contribution in [0.3, 0.4) is 0 Å². The minimum absolute atomic E-state index is 0.0278. The molecule has 1 fully saturated rings. The summed E-state index contributed by atoms with van der Waals surface area (Å²) < 4.78 is 1.05. The van der Waals surface area contributed by atoms with Crippen LogP contribution in [0.5, 0.6) is 0 Å². The van der Waals surface area contributed by atoms with Crippen molar-refractivity contribution < 1.29 is 4.79 Å². The quantitative estimate of drug-likeness (QED) is 0.858. The first-order chi connectivity index (χ1) is 8.57. The van der Waals surface area contributed by atoms with E-state index in [9.17, 15) is 4.79 Å². The average Bonchev–Trinajstić information content (AvgIpc) is 3.16. The second-order valence-corrected chi connectivity index (χ2v) is 5.72. The van der Waals surface area contributed by atoms with Crippen LogP contribution in [-0.2, 0) is 11.2 Å². The summed E-state index contributed by atoms with van der Waals surface area (Å²) in [5.41, 5.74) is 0.484. The molecule has 0 bridgehead atoms. The fourth-order valence-corrected chi connectivity index (χ4v) is 2.40. The van der Waals surface area contributed by atoms with Gasteiger partial charge in [0.1, 0.15) is 5.41 Å². The zero-order valence-electron chi connectivity index (χ0n) is 10.3. The van der Waals surface area contributed by atoms with Gasteiger partial charge in [0.25, 0.3) is 0 Å². The lowest BCUT2D eigenvalue weighted by molar-refractivity contribution is -0.133. The molecule has 2 rings (SSSR count). The summed E-state index contributed by atoms with van der Waals surface area (Å²) >= 11 is 3.43. The molecule has 3 nitrogen and oxygen atoms in total. The smallest absolute Gasteiger partial charge is 0.242 e. The van der Waals surface area contributed by atoms with Gasteiger partial charge in [0, 0.05) is 18.1 Å². The first-order valence-electron chi connectivity index (χ1n) is 5.99. The van der Waals surface area contributed by atoms with Gasteiger partial charge in [-0.05, 0) is 37.0 Å². The molecule has 0 spiro atoms. The highest BCUT2D eigenvalue weighted by atomic mass is 79.9. The van der Waals surface area contributed by atoms with Gasteiger partial charge in [0.15, 0.2) is 0 Å². The Morgan fingerprint density at radius 3 is 2.83 bits per heavy atom. The Labute approximate surface area is 116 Å². The molecule has 0 aliphatic heterocycles. The molecule has 1 aromatic rings. The summed E-state index contributed by atoms with van der Waals surface area (Å²) in [7, 11) is 1.78. The van der Waals surface area contributed by atoms with Crippen molar-refractivity contribution in [1.29, 1.82) is 5.26 Å². The van der Waals surface area contributed by atoms with Crippen LogP contribution in [0.4, 0.5) is 0 Å². The molecule has 0 radical (unpaired) electrons. The molecule has 4 heteroatoms. The van der Waals surface area contributed by atoms with E-state index in [0.717, 1.165) is 10.9 Å². The third kappa shape index (κ3) is 2.73. The number of amides is 1. The molecule has 0 heterocycles. The van der Waals surface area contributed by atoms with E-state index in [4.69, 9.17) is 5.26 Å². The van der Waals surface area contributed by atoms with Crippen molar-refractivity contribution in [3.63, 3.8) is 0 Å². The predicted octanol–water partition coefficient (Wildman–Crippen LogP) is 2.75. The summed E-state index contributed by atoms with van der Waals surface area (Å²) in [6.45, 7) is 0.652. The van der Waals surface area contributed by atoms with E-state index in [2.05, 4.69) is 28.1 Å². The Morgan fingerprint density at radius 1 is 1.56 bits per heavy atom. The molecule has 1 aliphatic carbocycles. The Kier molecular flexibility index (Phi) is 3.72. The number of halogens is 1. The number of likely N-dealkylation sites (N-methyl/N-ethyl adjacent to an activating group) is 1. The van der Waals surface area contributed by atoms with E-state index in [1.54, 1.807) is 11.9 Å². The molecule has 0 aromatic heterocycles. The van der Waals surface area contributed by atoms with Crippen LogP contribution in [-0.4, -0.2) is 24.4 Å². The summed E-state index contributed by atoms with van der Waals surface area (Å²) in [6, 6.07) is 10.2. The van der Waals surface area contributed by atoms with E-state index >= 15 is 0 Å². The van der Waals surface area contributed by atoms with Gasteiger partial charge in [-0.25, -0.2) is 0 Å². The van der Waals surface area contributed by atoms with E-state index < -0.39 is 5.41 Å². The predicted molar refractivity (Wildman–Crippen MR) is 72.8 cm³/mol. The molecular formula is C14H15BrN2O. The second kappa shape index (κ2) is 5.11. The number of nitrogens with zero attached hydrogens (tertiary/aromatic N) is 2. The Balaban J connectivity index is 1.91. The van der Waals surface area contributed by atoms with Crippen LogP contribution in [0, 0.1) is 16.7 Å². The van der Waals surface area contributed by atoms with Gasteiger partial charge in [-0.1, -0.05) is 28.1 Å². The summed E-state index contributed by atoms with van der Waals surface area (Å²) in [5, 5.41) is 8.99. The third-order valence-electron chi connectivity index (χ3n) is 3.35. The summed E-state index contributed by atoms with van der Waals surface area (Å²) in [5.74, 6) is -0.0278. The Hall–Kier alpha value is -1.34. The van der Waals surface area contributed by atoms with Crippen LogP contribution < -0.4 is 0 Å². The normalized spacial score (nSPS) is 15.8. The van der Waals surface area contributed by atoms with Crippen molar-refractivity contribution in [2.24, 2.45) is 5.41 Å². The molecule has 0 unspecified atom stereocenters. The lowest BCUT2D eigenvalue weighted by Crippen LogP contribution is -2.34. The molecule has 1 aromatic carbocycles. The number of nitriles is 1. The van der Waals surface area contributed by atoms with Crippen molar-refractivity contribution in [3.05, 3.63) is 34.3 Å². The van der Waals surface area contributed by atoms with Gasteiger partial charge in [0.2, 0.25) is 5.91 Å². The highest BCUT2D eigenvalue weighted by Crippen LogP contribution is 2.46. The standard InChI is InChI=1S/C14H15BrN2O/c1-17(13(18)14(10-16)6-7-14)8-5-11-3-2-4-12(15)9-11/h2-4,9H,5-8H2,1H3. The SMILES string of the molecule is CN(CCc1cccc(Br)c1)C(=O)C1(C#N)CC1. The largest absolute Gasteiger partial charge is 0.344 e. The number of rotatable bonds is 4. The topological polar surface area (TPSA) is 44.1 Å². The Bertz CT molecular complexity index is 503. The van der Waals surface area contributed by atoms with Crippen LogP contribution in [0.2, 0.25) is 0 Å². The summed E-state index contributed by atoms with van der Waals surface area (Å²) in [4.78, 5) is 13.7. The zero-order valence-corrected chi connectivity index (χ0v) is 11.9. The fraction of sp³-hybridized carbons (Fsp3) is 0.429. The van der Waals surface area contributed by atoms with Crippen molar-refractivity contribution >= 4 is 21.8 Å². The maximum absolute atomic E-state index is 12.0. The minimum Gasteiger partial charge on any atom is -0.344 e. The van der Waals surface area contributed by atoms with E-state index in [1.807, 2.05) is 18.2 Å². The Morgan fingerprint density at radius 2 is 2.28 bits per heavy atom. The highest BCUT2D eigenvalue weighted by Gasteiger charge is 2.51. The number of benzene rings is 1. The monoisotopic (exact) mass is 306 g/mol. The maximum Gasteiger partial charge on any atom is 0.242 e. The van der Waals surface area contributed by atoms with E-state index in [0.29, 0.717) is 19.4 Å². The van der Waals surface area contributed by atoms with Gasteiger partial charge in [-0.2, -0.15) is 5.26 Å². The first kappa shape index (κ1) is 13.1. The zero-order chi connectivity index (χ0) is 13.2. The van der Waals surface area contributed by atoms with Crippen LogP contribution in [0.1, 0.15) is 18.4 Å². The van der Waals surface area contributed by atoms with Gasteiger partial charge in [0.05, 0.1) is 6.07 Å².